The quantitative estimate of drug-likeness (QED) is 0.585. The molecule has 1 atom stereocenters. The molecule has 4 heteroatoms. The maximum Gasteiger partial charge on any atom is 0.267 e. The van der Waals surface area contributed by atoms with E-state index in [2.05, 4.69) is 10.6 Å². The highest BCUT2D eigenvalue weighted by Crippen LogP contribution is 2.05. The number of nitrogens with one attached hydrogen (secondary N) is 2. The molecule has 1 heterocycles. The number of benzene rings is 1. The van der Waals surface area contributed by atoms with Gasteiger partial charge in [-0.3, -0.25) is 9.59 Å². The van der Waals surface area contributed by atoms with E-state index in [1.165, 1.54) is 6.08 Å². The Labute approximate surface area is 99.7 Å². The lowest BCUT2D eigenvalue weighted by Gasteiger charge is -2.23. The molecule has 1 aliphatic rings. The molecule has 0 bridgehead atoms. The SMILES string of the molecule is C[C@H]1CN/C(=C/C(=O)c2ccccc2)C(=O)N1. The van der Waals surface area contributed by atoms with Crippen LogP contribution in [0.2, 0.25) is 0 Å². The Morgan fingerprint density at radius 3 is 2.71 bits per heavy atom. The van der Waals surface area contributed by atoms with Gasteiger partial charge in [0, 0.05) is 24.2 Å². The second-order valence-corrected chi connectivity index (χ2v) is 4.04. The maximum absolute atomic E-state index is 11.8. The van der Waals surface area contributed by atoms with E-state index < -0.39 is 0 Å². The van der Waals surface area contributed by atoms with Crippen LogP contribution in [0.4, 0.5) is 0 Å². The number of carbonyl (C=O) groups is 2. The van der Waals surface area contributed by atoms with Gasteiger partial charge in [-0.1, -0.05) is 30.3 Å². The van der Waals surface area contributed by atoms with Crippen LogP contribution >= 0.6 is 0 Å². The van der Waals surface area contributed by atoms with Gasteiger partial charge in [0.1, 0.15) is 5.70 Å². The number of carbonyl (C=O) groups excluding carboxylic acids is 2. The van der Waals surface area contributed by atoms with E-state index in [-0.39, 0.29) is 17.7 Å². The van der Waals surface area contributed by atoms with Crippen LogP contribution in [0.3, 0.4) is 0 Å². The molecule has 0 spiro atoms. The third-order valence-corrected chi connectivity index (χ3v) is 2.55. The first-order chi connectivity index (χ1) is 8.16. The first-order valence-electron chi connectivity index (χ1n) is 5.52. The van der Waals surface area contributed by atoms with Crippen LogP contribution in [0.5, 0.6) is 0 Å². The Kier molecular flexibility index (Phi) is 3.23. The smallest absolute Gasteiger partial charge is 0.267 e. The molecule has 1 saturated heterocycles. The highest BCUT2D eigenvalue weighted by atomic mass is 16.2. The fourth-order valence-corrected chi connectivity index (χ4v) is 1.63. The largest absolute Gasteiger partial charge is 0.378 e. The Balaban J connectivity index is 2.15. The normalized spacial score (nSPS) is 21.8. The van der Waals surface area contributed by atoms with Crippen molar-refractivity contribution in [1.29, 1.82) is 0 Å². The summed E-state index contributed by atoms with van der Waals surface area (Å²) in [5.74, 6) is -0.397. The van der Waals surface area contributed by atoms with Gasteiger partial charge in [-0.05, 0) is 6.92 Å². The van der Waals surface area contributed by atoms with Gasteiger partial charge in [0.15, 0.2) is 5.78 Å². The van der Waals surface area contributed by atoms with Gasteiger partial charge in [-0.25, -0.2) is 0 Å². The summed E-state index contributed by atoms with van der Waals surface area (Å²) >= 11 is 0. The molecule has 88 valence electrons. The average molecular weight is 230 g/mol. The highest BCUT2D eigenvalue weighted by molar-refractivity contribution is 6.09. The highest BCUT2D eigenvalue weighted by Gasteiger charge is 2.19. The van der Waals surface area contributed by atoms with E-state index in [4.69, 9.17) is 0 Å². The van der Waals surface area contributed by atoms with E-state index in [0.717, 1.165) is 0 Å². The van der Waals surface area contributed by atoms with Crippen LogP contribution < -0.4 is 10.6 Å². The average Bonchev–Trinajstić information content (AvgIpc) is 2.34. The van der Waals surface area contributed by atoms with Gasteiger partial charge >= 0.3 is 0 Å². The Morgan fingerprint density at radius 1 is 1.35 bits per heavy atom. The van der Waals surface area contributed by atoms with Crippen LogP contribution in [0.15, 0.2) is 42.1 Å². The second kappa shape index (κ2) is 4.82. The van der Waals surface area contributed by atoms with Gasteiger partial charge in [-0.2, -0.15) is 0 Å². The summed E-state index contributed by atoms with van der Waals surface area (Å²) in [5.41, 5.74) is 0.908. The number of ketones is 1. The number of piperazine rings is 1. The summed E-state index contributed by atoms with van der Waals surface area (Å²) < 4.78 is 0. The van der Waals surface area contributed by atoms with Crippen LogP contribution in [-0.4, -0.2) is 24.3 Å². The number of amides is 1. The number of hydrogen-bond donors (Lipinski definition) is 2. The maximum atomic E-state index is 11.8. The van der Waals surface area contributed by atoms with Crippen LogP contribution in [-0.2, 0) is 4.79 Å². The van der Waals surface area contributed by atoms with Gasteiger partial charge in [0.05, 0.1) is 0 Å². The molecule has 2 N–H and O–H groups in total. The summed E-state index contributed by atoms with van der Waals surface area (Å²) in [4.78, 5) is 23.4. The number of rotatable bonds is 2. The summed E-state index contributed by atoms with van der Waals surface area (Å²) in [7, 11) is 0. The molecule has 1 aliphatic heterocycles. The molecule has 0 radical (unpaired) electrons. The molecule has 0 saturated carbocycles. The molecule has 4 nitrogen and oxygen atoms in total. The summed E-state index contributed by atoms with van der Waals surface area (Å²) in [6.45, 7) is 2.54. The zero-order valence-electron chi connectivity index (χ0n) is 9.57. The Bertz CT molecular complexity index is 466. The van der Waals surface area contributed by atoms with Crippen molar-refractivity contribution in [1.82, 2.24) is 10.6 Å². The van der Waals surface area contributed by atoms with E-state index in [9.17, 15) is 9.59 Å². The molecular weight excluding hydrogens is 216 g/mol. The number of hydrogen-bond acceptors (Lipinski definition) is 3. The van der Waals surface area contributed by atoms with Crippen molar-refractivity contribution in [2.24, 2.45) is 0 Å². The van der Waals surface area contributed by atoms with E-state index >= 15 is 0 Å². The lowest BCUT2D eigenvalue weighted by Crippen LogP contribution is -2.49. The summed E-state index contributed by atoms with van der Waals surface area (Å²) in [6.07, 6.45) is 1.34. The fourth-order valence-electron chi connectivity index (χ4n) is 1.63. The fraction of sp³-hybridized carbons (Fsp3) is 0.231. The monoisotopic (exact) mass is 230 g/mol. The number of allylic oxidation sites excluding steroid dienone is 1. The van der Waals surface area contributed by atoms with Crippen molar-refractivity contribution in [3.8, 4) is 0 Å². The standard InChI is InChI=1S/C13H14N2O2/c1-9-8-14-11(13(17)15-9)7-12(16)10-5-3-2-4-6-10/h2-7,9,14H,8H2,1H3,(H,15,17)/b11-7+/t9-/m0/s1. The predicted molar refractivity (Wildman–Crippen MR) is 64.5 cm³/mol. The predicted octanol–water partition coefficient (Wildman–Crippen LogP) is 0.861. The zero-order chi connectivity index (χ0) is 12.3. The summed E-state index contributed by atoms with van der Waals surface area (Å²) in [6, 6.07) is 8.97. The zero-order valence-corrected chi connectivity index (χ0v) is 9.57. The minimum Gasteiger partial charge on any atom is -0.378 e. The van der Waals surface area contributed by atoms with Gasteiger partial charge < -0.3 is 10.6 Å². The van der Waals surface area contributed by atoms with Crippen LogP contribution in [0.1, 0.15) is 17.3 Å². The minimum absolute atomic E-state index is 0.0893. The van der Waals surface area contributed by atoms with Crippen molar-refractivity contribution in [3.05, 3.63) is 47.7 Å². The first-order valence-corrected chi connectivity index (χ1v) is 5.52. The van der Waals surface area contributed by atoms with E-state index in [0.29, 0.717) is 17.8 Å². The molecular formula is C13H14N2O2. The van der Waals surface area contributed by atoms with Crippen molar-refractivity contribution >= 4 is 11.7 Å². The van der Waals surface area contributed by atoms with Gasteiger partial charge in [0.25, 0.3) is 5.91 Å². The van der Waals surface area contributed by atoms with Crippen LogP contribution in [0, 0.1) is 0 Å². The topological polar surface area (TPSA) is 58.2 Å². The Morgan fingerprint density at radius 2 is 2.06 bits per heavy atom. The van der Waals surface area contributed by atoms with E-state index in [1.807, 2.05) is 13.0 Å². The van der Waals surface area contributed by atoms with E-state index in [1.54, 1.807) is 24.3 Å². The van der Waals surface area contributed by atoms with Gasteiger partial charge in [-0.15, -0.1) is 0 Å². The van der Waals surface area contributed by atoms with Crippen molar-refractivity contribution in [2.45, 2.75) is 13.0 Å². The Hall–Kier alpha value is -2.10. The summed E-state index contributed by atoms with van der Waals surface area (Å²) in [5, 5.41) is 5.71. The molecule has 1 amide bonds. The second-order valence-electron chi connectivity index (χ2n) is 4.04. The van der Waals surface area contributed by atoms with Crippen molar-refractivity contribution in [2.75, 3.05) is 6.54 Å². The molecule has 0 unspecified atom stereocenters. The lowest BCUT2D eigenvalue weighted by molar-refractivity contribution is -0.119. The third kappa shape index (κ3) is 2.72. The molecule has 1 aromatic carbocycles. The van der Waals surface area contributed by atoms with Crippen molar-refractivity contribution in [3.63, 3.8) is 0 Å². The molecule has 1 fully saturated rings. The molecule has 0 aromatic heterocycles. The lowest BCUT2D eigenvalue weighted by atomic mass is 10.1. The molecule has 17 heavy (non-hydrogen) atoms. The molecule has 1 aromatic rings. The first kappa shape index (κ1) is 11.4. The molecule has 2 rings (SSSR count). The van der Waals surface area contributed by atoms with Crippen molar-refractivity contribution < 1.29 is 9.59 Å². The third-order valence-electron chi connectivity index (χ3n) is 2.55. The minimum atomic E-state index is -0.229. The van der Waals surface area contributed by atoms with Gasteiger partial charge in [0.2, 0.25) is 0 Å². The van der Waals surface area contributed by atoms with Crippen LogP contribution in [0.25, 0.3) is 0 Å². The molecule has 0 aliphatic carbocycles.